The molecule has 4 aromatic rings. The molecule has 0 saturated heterocycles. The van der Waals surface area contributed by atoms with Gasteiger partial charge in [-0.1, -0.05) is 36.2 Å². The summed E-state index contributed by atoms with van der Waals surface area (Å²) >= 11 is 1.65. The van der Waals surface area contributed by atoms with E-state index >= 15 is 0 Å². The van der Waals surface area contributed by atoms with Crippen LogP contribution in [0.5, 0.6) is 28.7 Å². The summed E-state index contributed by atoms with van der Waals surface area (Å²) in [6.45, 7) is 6.29. The lowest BCUT2D eigenvalue weighted by atomic mass is 9.55. The first-order valence-corrected chi connectivity index (χ1v) is 24.5. The number of carbonyl (C=O) groups excluding carboxylic acids is 1. The lowest BCUT2D eigenvalue weighted by Gasteiger charge is -2.59. The van der Waals surface area contributed by atoms with Gasteiger partial charge in [-0.05, 0) is 134 Å². The number of aliphatic hydroxyl groups is 2. The van der Waals surface area contributed by atoms with Gasteiger partial charge in [-0.15, -0.1) is 18.3 Å². The molecular formula is C52H59N3O12S. The predicted molar refractivity (Wildman–Crippen MR) is 256 cm³/mol. The number of aliphatic hydroxyl groups excluding tert-OH is 2. The molecule has 2 aliphatic heterocycles. The third-order valence-corrected chi connectivity index (χ3v) is 13.9. The molecule has 15 nitrogen and oxygen atoms in total. The number of benzene rings is 4. The lowest BCUT2D eigenvalue weighted by Crippen LogP contribution is -2.70. The molecule has 6 atom stereocenters. The van der Waals surface area contributed by atoms with Crippen molar-refractivity contribution in [2.75, 3.05) is 39.5 Å². The second kappa shape index (κ2) is 22.4. The van der Waals surface area contributed by atoms with E-state index in [1.807, 2.05) is 66.9 Å². The van der Waals surface area contributed by atoms with Gasteiger partial charge >= 0.3 is 6.09 Å². The van der Waals surface area contributed by atoms with Gasteiger partial charge in [0.25, 0.3) is 5.69 Å². The van der Waals surface area contributed by atoms with E-state index in [9.17, 15) is 25.1 Å². The van der Waals surface area contributed by atoms with Crippen LogP contribution in [-0.2, 0) is 27.5 Å². The maximum atomic E-state index is 14.7. The van der Waals surface area contributed by atoms with Gasteiger partial charge in [0.15, 0.2) is 11.5 Å². The van der Waals surface area contributed by atoms with Crippen molar-refractivity contribution in [1.82, 2.24) is 4.90 Å². The minimum Gasteiger partial charge on any atom is -0.459 e. The number of unbranched alkanes of at least 4 members (excludes halogenated alkanes) is 2. The number of allylic oxidation sites excluding steroid dienone is 1. The highest BCUT2D eigenvalue weighted by Gasteiger charge is 2.65. The van der Waals surface area contributed by atoms with Gasteiger partial charge in [-0.25, -0.2) is 4.79 Å². The Labute approximate surface area is 400 Å². The van der Waals surface area contributed by atoms with Crippen molar-refractivity contribution in [3.63, 3.8) is 0 Å². The van der Waals surface area contributed by atoms with Crippen molar-refractivity contribution in [1.29, 1.82) is 0 Å². The van der Waals surface area contributed by atoms with Crippen molar-refractivity contribution < 1.29 is 53.2 Å². The van der Waals surface area contributed by atoms with Crippen LogP contribution in [0.3, 0.4) is 0 Å². The number of nitro groups is 1. The first-order chi connectivity index (χ1) is 33.2. The van der Waals surface area contributed by atoms with Crippen molar-refractivity contribution >= 4 is 29.3 Å². The fraction of sp³-hybridized carbons (Fsp3) is 0.423. The smallest absolute Gasteiger partial charge is 0.410 e. The molecule has 4 aromatic carbocycles. The van der Waals surface area contributed by atoms with Crippen LogP contribution in [0.15, 0.2) is 119 Å². The quantitative estimate of drug-likeness (QED) is 0.0250. The van der Waals surface area contributed by atoms with Gasteiger partial charge in [-0.2, -0.15) is 0 Å². The lowest BCUT2D eigenvalue weighted by molar-refractivity contribution is -0.384. The SMILES string of the molecule is C=CCOC12Oc3ccc(Oc4ccc(SC)cc4)cc3C3C(CCCCO)C(CCCCO)C=C(C(=NOCc4ccc([N+](=O)[O-])cc4)CC1N(Cc1ccc4c(c1)OCO4)C(=O)OCC)C32. The molecule has 360 valence electrons. The number of hydrogen-bond donors (Lipinski definition) is 2. The van der Waals surface area contributed by atoms with Crippen LogP contribution in [0.1, 0.15) is 74.5 Å². The second-order valence-corrected chi connectivity index (χ2v) is 18.1. The van der Waals surface area contributed by atoms with Crippen molar-refractivity contribution in [3.8, 4) is 28.7 Å². The highest BCUT2D eigenvalue weighted by Crippen LogP contribution is 2.62. The summed E-state index contributed by atoms with van der Waals surface area (Å²) in [6, 6.07) is 24.6. The molecule has 0 aromatic heterocycles. The van der Waals surface area contributed by atoms with Gasteiger partial charge in [-0.3, -0.25) is 15.0 Å². The molecule has 4 aliphatic rings. The Kier molecular flexibility index (Phi) is 15.9. The van der Waals surface area contributed by atoms with Crippen molar-refractivity contribution in [3.05, 3.63) is 136 Å². The molecule has 0 spiro atoms. The Hall–Kier alpha value is -6.07. The molecule has 6 unspecified atom stereocenters. The molecule has 16 heteroatoms. The third-order valence-electron chi connectivity index (χ3n) is 13.2. The van der Waals surface area contributed by atoms with E-state index in [0.717, 1.165) is 47.3 Å². The number of thioether (sulfide) groups is 1. The summed E-state index contributed by atoms with van der Waals surface area (Å²) in [4.78, 5) is 34.6. The summed E-state index contributed by atoms with van der Waals surface area (Å²) in [7, 11) is 0. The average molecular weight is 950 g/mol. The number of ether oxygens (including phenoxy) is 6. The normalized spacial score (nSPS) is 22.6. The molecule has 0 bridgehead atoms. The molecule has 1 fully saturated rings. The van der Waals surface area contributed by atoms with Crippen molar-refractivity contribution in [2.45, 2.75) is 87.7 Å². The molecule has 1 saturated carbocycles. The molecule has 2 N–H and O–H groups in total. The first kappa shape index (κ1) is 48.4. The number of rotatable bonds is 22. The average Bonchev–Trinajstić information content (AvgIpc) is 3.83. The largest absolute Gasteiger partial charge is 0.459 e. The van der Waals surface area contributed by atoms with Crippen molar-refractivity contribution in [2.24, 2.45) is 22.9 Å². The van der Waals surface area contributed by atoms with Crippen LogP contribution in [0.2, 0.25) is 0 Å². The molecule has 1 amide bonds. The molecular weight excluding hydrogens is 891 g/mol. The number of fused-ring (bicyclic) bond motifs is 3. The zero-order valence-corrected chi connectivity index (χ0v) is 39.3. The zero-order chi connectivity index (χ0) is 47.6. The maximum Gasteiger partial charge on any atom is 0.410 e. The minimum atomic E-state index is -1.54. The van der Waals surface area contributed by atoms with E-state index in [2.05, 4.69) is 12.7 Å². The highest BCUT2D eigenvalue weighted by atomic mass is 32.2. The summed E-state index contributed by atoms with van der Waals surface area (Å²) in [5.41, 5.74) is 3.74. The zero-order valence-electron chi connectivity index (χ0n) is 38.5. The van der Waals surface area contributed by atoms with Gasteiger partial charge < -0.3 is 43.5 Å². The number of oxime groups is 1. The number of carbonyl (C=O) groups is 1. The van der Waals surface area contributed by atoms with E-state index in [1.54, 1.807) is 41.8 Å². The van der Waals surface area contributed by atoms with Gasteiger partial charge in [0.2, 0.25) is 12.6 Å². The minimum absolute atomic E-state index is 0.00516. The molecule has 68 heavy (non-hydrogen) atoms. The van der Waals surface area contributed by atoms with E-state index in [4.69, 9.17) is 38.4 Å². The fourth-order valence-corrected chi connectivity index (χ4v) is 10.5. The Morgan fingerprint density at radius 3 is 2.38 bits per heavy atom. The predicted octanol–water partition coefficient (Wildman–Crippen LogP) is 10.3. The summed E-state index contributed by atoms with van der Waals surface area (Å²) in [5, 5.41) is 36.4. The van der Waals surface area contributed by atoms with E-state index < -0.39 is 28.8 Å². The third kappa shape index (κ3) is 10.5. The monoisotopic (exact) mass is 949 g/mol. The first-order valence-electron chi connectivity index (χ1n) is 23.3. The maximum absolute atomic E-state index is 14.7. The summed E-state index contributed by atoms with van der Waals surface area (Å²) in [5.74, 6) is 0.580. The van der Waals surface area contributed by atoms with E-state index in [1.165, 1.54) is 12.1 Å². The van der Waals surface area contributed by atoms with Crippen LogP contribution >= 0.6 is 11.8 Å². The number of hydrogen-bond acceptors (Lipinski definition) is 14. The summed E-state index contributed by atoms with van der Waals surface area (Å²) < 4.78 is 38.3. The fourth-order valence-electron chi connectivity index (χ4n) is 10.1. The van der Waals surface area contributed by atoms with Crippen LogP contribution < -0.4 is 18.9 Å². The highest BCUT2D eigenvalue weighted by molar-refractivity contribution is 7.98. The Morgan fingerprint density at radius 2 is 1.66 bits per heavy atom. The van der Waals surface area contributed by atoms with E-state index in [0.29, 0.717) is 52.9 Å². The standard InChI is InChI=1S/C52H59N3O12S/c1-4-26-64-52-48(54(51(58)61-5-2)31-35-14-22-46-47(27-35)63-33-62-46)30-44(53-65-32-34-12-15-37(16-13-34)55(59)60)42-28-36(10-6-8-24-56)41(11-7-9-25-57)49(50(42)52)43-29-39(19-23-45(43)67-52)66-38-17-20-40(68-3)21-18-38/h4,12-23,27-29,36,41,48-50,56-57H,1,5-11,24-26,30-33H2,2-3H3. The van der Waals surface area contributed by atoms with Crippen LogP contribution in [0.4, 0.5) is 10.5 Å². The van der Waals surface area contributed by atoms with Crippen LogP contribution in [-0.4, -0.2) is 83.1 Å². The van der Waals surface area contributed by atoms with Crippen LogP contribution in [0, 0.1) is 27.9 Å². The van der Waals surface area contributed by atoms with Gasteiger partial charge in [0, 0.05) is 54.7 Å². The number of non-ortho nitro benzene ring substituents is 1. The second-order valence-electron chi connectivity index (χ2n) is 17.3. The van der Waals surface area contributed by atoms with Gasteiger partial charge in [0.05, 0.1) is 29.8 Å². The number of amides is 1. The van der Waals surface area contributed by atoms with Crippen LogP contribution in [0.25, 0.3) is 0 Å². The molecule has 8 rings (SSSR count). The number of nitro benzene ring substituents is 1. The summed E-state index contributed by atoms with van der Waals surface area (Å²) in [6.07, 6.45) is 9.79. The Balaban J connectivity index is 1.32. The number of nitrogens with zero attached hydrogens (tertiary/aromatic N) is 3. The van der Waals surface area contributed by atoms with E-state index in [-0.39, 0.29) is 76.2 Å². The molecule has 2 heterocycles. The molecule has 0 radical (unpaired) electrons. The molecule has 2 aliphatic carbocycles. The van der Waals surface area contributed by atoms with Gasteiger partial charge in [0.1, 0.15) is 29.9 Å². The Bertz CT molecular complexity index is 2460. The topological polar surface area (TPSA) is 181 Å². The Morgan fingerprint density at radius 1 is 0.941 bits per heavy atom.